The van der Waals surface area contributed by atoms with Crippen LogP contribution in [0.4, 0.5) is 34.3 Å². The van der Waals surface area contributed by atoms with Crippen LogP contribution in [0.3, 0.4) is 0 Å². The molecule has 1 aromatic heterocycles. The molecule has 0 spiro atoms. The summed E-state index contributed by atoms with van der Waals surface area (Å²) in [6, 6.07) is 3.92. The third kappa shape index (κ3) is 9.52. The molecule has 2 fully saturated rings. The van der Waals surface area contributed by atoms with Gasteiger partial charge in [-0.05, 0) is 64.7 Å². The molecular formula is C29H39F3N6O5. The van der Waals surface area contributed by atoms with E-state index in [9.17, 15) is 22.8 Å². The van der Waals surface area contributed by atoms with Crippen LogP contribution in [0.1, 0.15) is 64.9 Å². The summed E-state index contributed by atoms with van der Waals surface area (Å²) in [4.78, 5) is 35.0. The number of amides is 3. The van der Waals surface area contributed by atoms with Crippen molar-refractivity contribution in [2.45, 2.75) is 89.3 Å². The highest BCUT2D eigenvalue weighted by molar-refractivity contribution is 5.91. The van der Waals surface area contributed by atoms with E-state index in [1.165, 1.54) is 12.4 Å². The first-order valence-corrected chi connectivity index (χ1v) is 14.4. The zero-order valence-electron chi connectivity index (χ0n) is 24.8. The van der Waals surface area contributed by atoms with Gasteiger partial charge in [-0.1, -0.05) is 0 Å². The number of ether oxygens (including phenoxy) is 3. The Morgan fingerprint density at radius 1 is 0.930 bits per heavy atom. The highest BCUT2D eigenvalue weighted by Gasteiger charge is 2.33. The topological polar surface area (TPSA) is 127 Å². The summed E-state index contributed by atoms with van der Waals surface area (Å²) in [5.41, 5.74) is -1.60. The number of nitrogens with one attached hydrogen (secondary N) is 3. The van der Waals surface area contributed by atoms with Gasteiger partial charge in [-0.2, -0.15) is 13.2 Å². The van der Waals surface area contributed by atoms with Gasteiger partial charge in [0.1, 0.15) is 35.7 Å². The molecule has 1 saturated heterocycles. The summed E-state index contributed by atoms with van der Waals surface area (Å²) in [6.45, 7) is 6.12. The summed E-state index contributed by atoms with van der Waals surface area (Å²) in [7, 11) is 1.75. The van der Waals surface area contributed by atoms with Crippen LogP contribution in [-0.2, 0) is 10.9 Å². The summed E-state index contributed by atoms with van der Waals surface area (Å²) < 4.78 is 57.9. The Morgan fingerprint density at radius 2 is 1.60 bits per heavy atom. The fourth-order valence-electron chi connectivity index (χ4n) is 4.95. The van der Waals surface area contributed by atoms with Gasteiger partial charge in [0.05, 0.1) is 11.3 Å². The molecule has 0 atom stereocenters. The number of rotatable bonds is 7. The fraction of sp³-hybridized carbons (Fsp3) is 0.586. The minimum Gasteiger partial charge on any atom is -0.488 e. The zero-order chi connectivity index (χ0) is 31.2. The number of hydrogen-bond donors (Lipinski definition) is 3. The molecule has 14 heteroatoms. The first-order valence-electron chi connectivity index (χ1n) is 14.4. The smallest absolute Gasteiger partial charge is 0.416 e. The number of nitrogens with zero attached hydrogens (tertiary/aromatic N) is 3. The molecule has 1 aliphatic carbocycles. The van der Waals surface area contributed by atoms with E-state index in [0.29, 0.717) is 63.3 Å². The molecule has 3 amide bonds. The quantitative estimate of drug-likeness (QED) is 0.359. The van der Waals surface area contributed by atoms with Crippen LogP contribution in [0, 0.1) is 0 Å². The Labute approximate surface area is 248 Å². The van der Waals surface area contributed by atoms with Crippen molar-refractivity contribution in [3.63, 3.8) is 0 Å². The van der Waals surface area contributed by atoms with Crippen molar-refractivity contribution in [3.8, 4) is 11.6 Å². The van der Waals surface area contributed by atoms with E-state index < -0.39 is 29.5 Å². The maximum atomic E-state index is 13.5. The summed E-state index contributed by atoms with van der Waals surface area (Å²) in [5.74, 6) is 1.23. The van der Waals surface area contributed by atoms with Gasteiger partial charge in [-0.15, -0.1) is 0 Å². The molecule has 236 valence electrons. The van der Waals surface area contributed by atoms with E-state index in [1.807, 2.05) is 0 Å². The molecular weight excluding hydrogens is 569 g/mol. The maximum Gasteiger partial charge on any atom is 0.416 e. The van der Waals surface area contributed by atoms with Gasteiger partial charge < -0.3 is 35.1 Å². The Balaban J connectivity index is 1.32. The van der Waals surface area contributed by atoms with Crippen molar-refractivity contribution in [1.29, 1.82) is 0 Å². The number of piperidine rings is 1. The maximum absolute atomic E-state index is 13.5. The molecule has 2 heterocycles. The Bertz CT molecular complexity index is 1260. The minimum atomic E-state index is -4.60. The van der Waals surface area contributed by atoms with Crippen molar-refractivity contribution in [2.24, 2.45) is 0 Å². The zero-order valence-corrected chi connectivity index (χ0v) is 24.8. The van der Waals surface area contributed by atoms with Crippen molar-refractivity contribution in [2.75, 3.05) is 30.8 Å². The molecule has 1 saturated carbocycles. The first-order chi connectivity index (χ1) is 20.3. The highest BCUT2D eigenvalue weighted by Crippen LogP contribution is 2.36. The van der Waals surface area contributed by atoms with Crippen LogP contribution in [0.2, 0.25) is 0 Å². The molecule has 0 unspecified atom stereocenters. The lowest BCUT2D eigenvalue weighted by Crippen LogP contribution is -2.44. The molecule has 0 bridgehead atoms. The fourth-order valence-corrected chi connectivity index (χ4v) is 4.95. The van der Waals surface area contributed by atoms with E-state index >= 15 is 0 Å². The first kappa shape index (κ1) is 32.0. The predicted octanol–water partition coefficient (Wildman–Crippen LogP) is 5.83. The van der Waals surface area contributed by atoms with Gasteiger partial charge >= 0.3 is 18.3 Å². The van der Waals surface area contributed by atoms with Gasteiger partial charge in [-0.3, -0.25) is 0 Å². The molecule has 11 nitrogen and oxygen atoms in total. The Kier molecular flexibility index (Phi) is 10.1. The SMILES string of the molecule is CNc1cc(O[C@H]2CC[C@H](NC(=O)Nc3cc(C(F)(F)F)ccc3OC3CCN(C(=O)OC(C)(C)C)CC3)CC2)ncn1. The summed E-state index contributed by atoms with van der Waals surface area (Å²) in [6.07, 6.45) is -0.513. The largest absolute Gasteiger partial charge is 0.488 e. The van der Waals surface area contributed by atoms with Crippen molar-refractivity contribution >= 4 is 23.6 Å². The Morgan fingerprint density at radius 3 is 2.23 bits per heavy atom. The molecule has 4 rings (SSSR count). The van der Waals surface area contributed by atoms with Crippen LogP contribution < -0.4 is 25.4 Å². The van der Waals surface area contributed by atoms with Crippen LogP contribution in [0.15, 0.2) is 30.6 Å². The number of urea groups is 1. The number of carbonyl (C=O) groups is 2. The van der Waals surface area contributed by atoms with E-state index in [-0.39, 0.29) is 29.7 Å². The lowest BCUT2D eigenvalue weighted by molar-refractivity contribution is -0.137. The molecule has 0 radical (unpaired) electrons. The predicted molar refractivity (Wildman–Crippen MR) is 153 cm³/mol. The minimum absolute atomic E-state index is 0.0778. The van der Waals surface area contributed by atoms with E-state index in [2.05, 4.69) is 25.9 Å². The number of hydrogen-bond acceptors (Lipinski definition) is 8. The summed E-state index contributed by atoms with van der Waals surface area (Å²) in [5, 5.41) is 8.35. The molecule has 43 heavy (non-hydrogen) atoms. The highest BCUT2D eigenvalue weighted by atomic mass is 19.4. The van der Waals surface area contributed by atoms with Gasteiger partial charge in [0, 0.05) is 45.1 Å². The average molecular weight is 609 g/mol. The van der Waals surface area contributed by atoms with Gasteiger partial charge in [0.25, 0.3) is 0 Å². The normalized spacial score (nSPS) is 19.7. The molecule has 2 aliphatic rings. The Hall–Kier alpha value is -3.97. The lowest BCUT2D eigenvalue weighted by atomic mass is 9.93. The van der Waals surface area contributed by atoms with Crippen LogP contribution in [0.5, 0.6) is 11.6 Å². The van der Waals surface area contributed by atoms with Gasteiger partial charge in [-0.25, -0.2) is 19.6 Å². The third-order valence-corrected chi connectivity index (χ3v) is 7.14. The number of anilines is 2. The van der Waals surface area contributed by atoms with E-state index in [1.54, 1.807) is 38.8 Å². The molecule has 1 aromatic carbocycles. The van der Waals surface area contributed by atoms with Crippen molar-refractivity contribution in [1.82, 2.24) is 20.2 Å². The van der Waals surface area contributed by atoms with Crippen molar-refractivity contribution in [3.05, 3.63) is 36.2 Å². The second kappa shape index (κ2) is 13.6. The van der Waals surface area contributed by atoms with Crippen LogP contribution >= 0.6 is 0 Å². The molecule has 3 N–H and O–H groups in total. The van der Waals surface area contributed by atoms with Crippen LogP contribution in [0.25, 0.3) is 0 Å². The number of carbonyl (C=O) groups excluding carboxylic acids is 2. The number of aromatic nitrogens is 2. The van der Waals surface area contributed by atoms with E-state index in [4.69, 9.17) is 14.2 Å². The van der Waals surface area contributed by atoms with Crippen molar-refractivity contribution < 1.29 is 37.0 Å². The second-order valence-electron chi connectivity index (χ2n) is 11.7. The average Bonchev–Trinajstić information content (AvgIpc) is 2.94. The number of benzene rings is 1. The summed E-state index contributed by atoms with van der Waals surface area (Å²) >= 11 is 0. The number of alkyl halides is 3. The molecule has 1 aliphatic heterocycles. The third-order valence-electron chi connectivity index (χ3n) is 7.14. The lowest BCUT2D eigenvalue weighted by Gasteiger charge is -2.34. The van der Waals surface area contributed by atoms with E-state index in [0.717, 1.165) is 12.1 Å². The number of likely N-dealkylation sites (tertiary alicyclic amines) is 1. The van der Waals surface area contributed by atoms with Gasteiger partial charge in [0.2, 0.25) is 5.88 Å². The van der Waals surface area contributed by atoms with Crippen LogP contribution in [-0.4, -0.2) is 71.0 Å². The van der Waals surface area contributed by atoms with Gasteiger partial charge in [0.15, 0.2) is 0 Å². The monoisotopic (exact) mass is 608 g/mol. The second-order valence-corrected chi connectivity index (χ2v) is 11.7. The standard InChI is InChI=1S/C29H39F3N6O5/c1-28(2,3)43-27(40)38-13-11-21(12-14-38)41-23-10-5-18(29(30,31)32)15-22(23)37-26(39)36-19-6-8-20(9-7-19)42-25-16-24(33-4)34-17-35-25/h5,10,15-17,19-21H,6-9,11-14H2,1-4H3,(H,33,34,35)(H2,36,37,39)/t19-,20-. The number of halogens is 3. The molecule has 2 aromatic rings.